The molecule has 0 spiro atoms. The van der Waals surface area contributed by atoms with Crippen LogP contribution in [0.25, 0.3) is 0 Å². The quantitative estimate of drug-likeness (QED) is 0.804. The molecule has 0 atom stereocenters. The molecule has 54 valence electrons. The van der Waals surface area contributed by atoms with Crippen LogP contribution in [0.5, 0.6) is 0 Å². The maximum Gasteiger partial charge on any atom is 0.0863 e. The van der Waals surface area contributed by atoms with E-state index in [4.69, 9.17) is 5.11 Å². The third-order valence-electron chi connectivity index (χ3n) is 1.03. The molecule has 4 heteroatoms. The summed E-state index contributed by atoms with van der Waals surface area (Å²) in [6.07, 6.45) is 1.67. The minimum absolute atomic E-state index is 0.00551. The molecule has 2 nitrogen and oxygen atoms in total. The van der Waals surface area contributed by atoms with Crippen molar-refractivity contribution in [2.24, 2.45) is 0 Å². The summed E-state index contributed by atoms with van der Waals surface area (Å²) in [5.74, 6) is 0. The lowest BCUT2D eigenvalue weighted by Crippen LogP contribution is -1.91. The maximum absolute atomic E-state index is 8.73. The predicted octanol–water partition coefficient (Wildman–Crippen LogP) is 1.94. The fraction of sp³-hybridized carbons (Fsp3) is 0.167. The van der Waals surface area contributed by atoms with Crippen LogP contribution < -0.4 is 0 Å². The highest BCUT2D eigenvalue weighted by Crippen LogP contribution is 2.15. The van der Waals surface area contributed by atoms with Crippen molar-refractivity contribution in [3.05, 3.63) is 26.0 Å². The molecule has 0 saturated heterocycles. The van der Waals surface area contributed by atoms with Crippen LogP contribution in [0.3, 0.4) is 0 Å². The van der Waals surface area contributed by atoms with E-state index in [-0.39, 0.29) is 6.61 Å². The number of halogens is 2. The summed E-state index contributed by atoms with van der Waals surface area (Å²) in [5.41, 5.74) is 0.726. The average Bonchev–Trinajstić information content (AvgIpc) is 1.88. The van der Waals surface area contributed by atoms with Gasteiger partial charge in [-0.2, -0.15) is 0 Å². The zero-order valence-corrected chi connectivity index (χ0v) is 8.76. The molecular weight excluding hydrogens is 309 g/mol. The van der Waals surface area contributed by atoms with Gasteiger partial charge in [-0.3, -0.25) is 4.98 Å². The van der Waals surface area contributed by atoms with Crippen molar-refractivity contribution in [3.63, 3.8) is 0 Å². The van der Waals surface area contributed by atoms with Gasteiger partial charge in [0.1, 0.15) is 0 Å². The van der Waals surface area contributed by atoms with Gasteiger partial charge in [-0.15, -0.1) is 0 Å². The van der Waals surface area contributed by atoms with Gasteiger partial charge in [-0.25, -0.2) is 0 Å². The first-order valence-corrected chi connectivity index (χ1v) is 4.52. The molecule has 10 heavy (non-hydrogen) atoms. The Morgan fingerprint density at radius 3 is 2.90 bits per heavy atom. The van der Waals surface area contributed by atoms with Gasteiger partial charge in [0.2, 0.25) is 0 Å². The van der Waals surface area contributed by atoms with Crippen molar-refractivity contribution in [2.75, 3.05) is 0 Å². The molecule has 0 bridgehead atoms. The first kappa shape index (κ1) is 8.42. The lowest BCUT2D eigenvalue weighted by Gasteiger charge is -1.97. The first-order valence-electron chi connectivity index (χ1n) is 2.65. The summed E-state index contributed by atoms with van der Waals surface area (Å²) in [4.78, 5) is 3.99. The number of hydrogen-bond acceptors (Lipinski definition) is 2. The topological polar surface area (TPSA) is 33.1 Å². The van der Waals surface area contributed by atoms with E-state index in [1.165, 1.54) is 0 Å². The first-order chi connectivity index (χ1) is 4.74. The number of nitrogens with zero attached hydrogens (tertiary/aromatic N) is 1. The maximum atomic E-state index is 8.73. The van der Waals surface area contributed by atoms with Crippen LogP contribution in [0.15, 0.2) is 16.7 Å². The van der Waals surface area contributed by atoms with E-state index in [2.05, 4.69) is 43.5 Å². The van der Waals surface area contributed by atoms with Gasteiger partial charge < -0.3 is 5.11 Å². The third kappa shape index (κ3) is 1.90. The highest BCUT2D eigenvalue weighted by Gasteiger charge is 1.98. The van der Waals surface area contributed by atoms with Crippen molar-refractivity contribution in [1.29, 1.82) is 0 Å². The molecule has 1 N–H and O–H groups in total. The van der Waals surface area contributed by atoms with Crippen LogP contribution in [-0.2, 0) is 6.61 Å². The second-order valence-electron chi connectivity index (χ2n) is 1.74. The minimum atomic E-state index is 0.00551. The largest absolute Gasteiger partial charge is 0.390 e. The van der Waals surface area contributed by atoms with Crippen molar-refractivity contribution < 1.29 is 5.11 Å². The highest BCUT2D eigenvalue weighted by atomic mass is 127. The fourth-order valence-electron chi connectivity index (χ4n) is 0.559. The Balaban J connectivity index is 3.07. The minimum Gasteiger partial charge on any atom is -0.390 e. The lowest BCUT2D eigenvalue weighted by atomic mass is 10.4. The van der Waals surface area contributed by atoms with Gasteiger partial charge in [0.25, 0.3) is 0 Å². The highest BCUT2D eigenvalue weighted by molar-refractivity contribution is 14.1. The zero-order valence-electron chi connectivity index (χ0n) is 5.01. The Bertz CT molecular complexity index is 241. The Morgan fingerprint density at radius 2 is 2.40 bits per heavy atom. The second-order valence-corrected chi connectivity index (χ2v) is 3.82. The standard InChI is InChI=1S/C6H5BrINO/c7-4-1-5(8)6(3-10)9-2-4/h1-2,10H,3H2. The van der Waals surface area contributed by atoms with Gasteiger partial charge in [0.15, 0.2) is 0 Å². The molecule has 0 saturated carbocycles. The van der Waals surface area contributed by atoms with Crippen LogP contribution in [0.2, 0.25) is 0 Å². The van der Waals surface area contributed by atoms with Crippen LogP contribution in [0, 0.1) is 3.57 Å². The molecule has 1 heterocycles. The van der Waals surface area contributed by atoms with E-state index in [1.54, 1.807) is 6.20 Å². The monoisotopic (exact) mass is 313 g/mol. The van der Waals surface area contributed by atoms with Crippen LogP contribution >= 0.6 is 38.5 Å². The lowest BCUT2D eigenvalue weighted by molar-refractivity contribution is 0.276. The summed E-state index contributed by atoms with van der Waals surface area (Å²) < 4.78 is 1.92. The molecule has 1 rings (SSSR count). The summed E-state index contributed by atoms with van der Waals surface area (Å²) >= 11 is 5.41. The fourth-order valence-corrected chi connectivity index (χ4v) is 1.96. The number of aliphatic hydroxyl groups excluding tert-OH is 1. The molecule has 1 aromatic rings. The Morgan fingerprint density at radius 1 is 1.70 bits per heavy atom. The van der Waals surface area contributed by atoms with E-state index in [1.807, 2.05) is 6.07 Å². The smallest absolute Gasteiger partial charge is 0.0863 e. The SMILES string of the molecule is OCc1ncc(Br)cc1I. The summed E-state index contributed by atoms with van der Waals surface area (Å²) in [7, 11) is 0. The van der Waals surface area contributed by atoms with Gasteiger partial charge in [0, 0.05) is 14.2 Å². The predicted molar refractivity (Wildman–Crippen MR) is 50.6 cm³/mol. The number of aromatic nitrogens is 1. The molecule has 1 aromatic heterocycles. The molecule has 0 amide bonds. The van der Waals surface area contributed by atoms with Gasteiger partial charge in [-0.1, -0.05) is 0 Å². The van der Waals surface area contributed by atoms with Crippen LogP contribution in [-0.4, -0.2) is 10.1 Å². The molecule has 0 aliphatic carbocycles. The van der Waals surface area contributed by atoms with Crippen molar-refractivity contribution in [3.8, 4) is 0 Å². The van der Waals surface area contributed by atoms with E-state index in [0.717, 1.165) is 13.7 Å². The number of aliphatic hydroxyl groups is 1. The summed E-state index contributed by atoms with van der Waals surface area (Å²) in [6, 6.07) is 1.92. The third-order valence-corrected chi connectivity index (χ3v) is 2.40. The molecule has 0 fully saturated rings. The average molecular weight is 314 g/mol. The van der Waals surface area contributed by atoms with Gasteiger partial charge in [-0.05, 0) is 44.6 Å². The van der Waals surface area contributed by atoms with E-state index in [9.17, 15) is 0 Å². The van der Waals surface area contributed by atoms with Crippen molar-refractivity contribution in [2.45, 2.75) is 6.61 Å². The Kier molecular flexibility index (Phi) is 3.06. The zero-order chi connectivity index (χ0) is 7.56. The normalized spacial score (nSPS) is 9.90. The van der Waals surface area contributed by atoms with Crippen LogP contribution in [0.1, 0.15) is 5.69 Å². The molecule has 0 unspecified atom stereocenters. The molecule has 0 aromatic carbocycles. The second kappa shape index (κ2) is 3.64. The number of hydrogen-bond donors (Lipinski definition) is 1. The van der Waals surface area contributed by atoms with E-state index >= 15 is 0 Å². The molecule has 0 radical (unpaired) electrons. The van der Waals surface area contributed by atoms with E-state index in [0.29, 0.717) is 0 Å². The number of pyridine rings is 1. The Labute approximate surface area is 80.9 Å². The van der Waals surface area contributed by atoms with Crippen LogP contribution in [0.4, 0.5) is 0 Å². The molecular formula is C6H5BrINO. The number of rotatable bonds is 1. The summed E-state index contributed by atoms with van der Waals surface area (Å²) in [5, 5.41) is 8.73. The Hall–Kier alpha value is 0.320. The molecule has 0 aliphatic rings. The van der Waals surface area contributed by atoms with Gasteiger partial charge >= 0.3 is 0 Å². The van der Waals surface area contributed by atoms with Crippen molar-refractivity contribution in [1.82, 2.24) is 4.98 Å². The van der Waals surface area contributed by atoms with Gasteiger partial charge in [0.05, 0.1) is 12.3 Å². The summed E-state index contributed by atoms with van der Waals surface area (Å²) in [6.45, 7) is 0.00551. The van der Waals surface area contributed by atoms with E-state index < -0.39 is 0 Å². The molecule has 0 aliphatic heterocycles. The van der Waals surface area contributed by atoms with Crippen molar-refractivity contribution >= 4 is 38.5 Å².